The van der Waals surface area contributed by atoms with Crippen molar-refractivity contribution >= 4 is 52.4 Å². The van der Waals surface area contributed by atoms with Gasteiger partial charge in [-0.25, -0.2) is 9.59 Å². The molecule has 1 unspecified atom stereocenters. The molecular weight excluding hydrogens is 484 g/mol. The van der Waals surface area contributed by atoms with Gasteiger partial charge in [-0.05, 0) is 49.4 Å². The van der Waals surface area contributed by atoms with E-state index in [-0.39, 0.29) is 35.4 Å². The summed E-state index contributed by atoms with van der Waals surface area (Å²) in [6.45, 7) is 2.81. The van der Waals surface area contributed by atoms with E-state index in [1.165, 1.54) is 49.6 Å². The normalized spacial score (nSPS) is 11.4. The lowest BCUT2D eigenvalue weighted by Crippen LogP contribution is -2.31. The Labute approximate surface area is 212 Å². The van der Waals surface area contributed by atoms with Crippen molar-refractivity contribution in [3.8, 4) is 0 Å². The molecule has 0 aliphatic rings. The molecule has 0 saturated carbocycles. The average molecular weight is 511 g/mol. The molecule has 37 heavy (non-hydrogen) atoms. The molecule has 12 heteroatoms. The standard InChI is InChI=1S/C25H26N4O8/c1-5-18(31)13-21(32)26-16-7-9-17(10-8-16)27-23(33)22(14(2)30)29-28-20-12-15(24(34)36-3)6-11-19(20)25(35)37-4/h6-12,22H,5,13H2,1-4H3,(H,26,32)(H,27,33). The Morgan fingerprint density at radius 3 is 2.00 bits per heavy atom. The van der Waals surface area contributed by atoms with Crippen LogP contribution in [0.3, 0.4) is 0 Å². The molecule has 0 radical (unpaired) electrons. The number of ketones is 2. The second kappa shape index (κ2) is 13.4. The van der Waals surface area contributed by atoms with Crippen LogP contribution in [-0.4, -0.2) is 55.6 Å². The molecule has 0 saturated heterocycles. The topological polar surface area (TPSA) is 170 Å². The third-order valence-electron chi connectivity index (χ3n) is 4.93. The number of hydrogen-bond acceptors (Lipinski definition) is 10. The van der Waals surface area contributed by atoms with Gasteiger partial charge in [-0.15, -0.1) is 0 Å². The number of Topliss-reactive ketones (excluding diaryl/α,β-unsaturated/α-hetero) is 2. The number of azo groups is 1. The second-order valence-corrected chi connectivity index (χ2v) is 7.63. The molecular formula is C25H26N4O8. The summed E-state index contributed by atoms with van der Waals surface area (Å²) in [5.74, 6) is -3.53. The Bertz CT molecular complexity index is 1240. The summed E-state index contributed by atoms with van der Waals surface area (Å²) >= 11 is 0. The van der Waals surface area contributed by atoms with Crippen LogP contribution in [0.5, 0.6) is 0 Å². The van der Waals surface area contributed by atoms with Crippen LogP contribution >= 0.6 is 0 Å². The molecule has 2 amide bonds. The number of amides is 2. The highest BCUT2D eigenvalue weighted by molar-refractivity contribution is 6.10. The van der Waals surface area contributed by atoms with Crippen LogP contribution in [0.4, 0.5) is 17.1 Å². The Morgan fingerprint density at radius 1 is 0.865 bits per heavy atom. The maximum atomic E-state index is 12.7. The van der Waals surface area contributed by atoms with Gasteiger partial charge in [0.05, 0.1) is 31.8 Å². The monoisotopic (exact) mass is 510 g/mol. The minimum Gasteiger partial charge on any atom is -0.465 e. The van der Waals surface area contributed by atoms with Gasteiger partial charge in [0.25, 0.3) is 5.91 Å². The number of hydrogen-bond donors (Lipinski definition) is 2. The zero-order chi connectivity index (χ0) is 27.5. The van der Waals surface area contributed by atoms with E-state index >= 15 is 0 Å². The van der Waals surface area contributed by atoms with Gasteiger partial charge in [0.15, 0.2) is 5.78 Å². The molecule has 12 nitrogen and oxygen atoms in total. The van der Waals surface area contributed by atoms with Crippen LogP contribution in [-0.2, 0) is 28.7 Å². The summed E-state index contributed by atoms with van der Waals surface area (Å²) in [7, 11) is 2.34. The predicted molar refractivity (Wildman–Crippen MR) is 132 cm³/mol. The number of nitrogens with zero attached hydrogens (tertiary/aromatic N) is 2. The van der Waals surface area contributed by atoms with Crippen molar-refractivity contribution in [1.82, 2.24) is 0 Å². The fourth-order valence-corrected chi connectivity index (χ4v) is 2.94. The van der Waals surface area contributed by atoms with E-state index in [1.54, 1.807) is 6.92 Å². The van der Waals surface area contributed by atoms with Crippen LogP contribution < -0.4 is 10.6 Å². The van der Waals surface area contributed by atoms with Crippen LogP contribution in [0.2, 0.25) is 0 Å². The van der Waals surface area contributed by atoms with Crippen LogP contribution in [0.15, 0.2) is 52.7 Å². The van der Waals surface area contributed by atoms with Crippen LogP contribution in [0, 0.1) is 0 Å². The molecule has 1 atom stereocenters. The van der Waals surface area contributed by atoms with Gasteiger partial charge in [-0.2, -0.15) is 10.2 Å². The number of carbonyl (C=O) groups excluding carboxylic acids is 6. The summed E-state index contributed by atoms with van der Waals surface area (Å²) in [4.78, 5) is 72.0. The summed E-state index contributed by atoms with van der Waals surface area (Å²) in [6.07, 6.45) is 0.0221. The van der Waals surface area contributed by atoms with Crippen molar-refractivity contribution in [2.75, 3.05) is 24.9 Å². The molecule has 194 valence electrons. The zero-order valence-corrected chi connectivity index (χ0v) is 20.7. The van der Waals surface area contributed by atoms with Crippen molar-refractivity contribution in [1.29, 1.82) is 0 Å². The van der Waals surface area contributed by atoms with Gasteiger partial charge in [0.1, 0.15) is 11.5 Å². The van der Waals surface area contributed by atoms with Gasteiger partial charge in [0, 0.05) is 17.8 Å². The Kier molecular flexibility index (Phi) is 10.3. The molecule has 2 rings (SSSR count). The number of esters is 2. The fourth-order valence-electron chi connectivity index (χ4n) is 2.94. The molecule has 2 N–H and O–H groups in total. The van der Waals surface area contributed by atoms with Gasteiger partial charge in [0.2, 0.25) is 11.9 Å². The number of rotatable bonds is 11. The Balaban J connectivity index is 2.20. The van der Waals surface area contributed by atoms with Gasteiger partial charge in [-0.1, -0.05) is 6.92 Å². The molecule has 0 aromatic heterocycles. The average Bonchev–Trinajstić information content (AvgIpc) is 2.88. The van der Waals surface area contributed by atoms with Crippen molar-refractivity contribution < 1.29 is 38.2 Å². The smallest absolute Gasteiger partial charge is 0.340 e. The summed E-state index contributed by atoms with van der Waals surface area (Å²) < 4.78 is 9.35. The maximum absolute atomic E-state index is 12.7. The minimum absolute atomic E-state index is 0.0418. The SMILES string of the molecule is CCC(=O)CC(=O)Nc1ccc(NC(=O)C(N=Nc2cc(C(=O)OC)ccc2C(=O)OC)C(C)=O)cc1. The molecule has 0 spiro atoms. The van der Waals surface area contributed by atoms with Gasteiger partial charge in [-0.3, -0.25) is 19.2 Å². The zero-order valence-electron chi connectivity index (χ0n) is 20.7. The third-order valence-corrected chi connectivity index (χ3v) is 4.93. The van der Waals surface area contributed by atoms with Gasteiger partial charge >= 0.3 is 11.9 Å². The molecule has 0 aliphatic carbocycles. The highest BCUT2D eigenvalue weighted by atomic mass is 16.5. The Hall–Kier alpha value is -4.74. The van der Waals surface area contributed by atoms with Crippen molar-refractivity contribution in [2.24, 2.45) is 10.2 Å². The lowest BCUT2D eigenvalue weighted by Gasteiger charge is -2.11. The second-order valence-electron chi connectivity index (χ2n) is 7.63. The molecule has 0 heterocycles. The number of anilines is 2. The first kappa shape index (κ1) is 28.5. The summed E-state index contributed by atoms with van der Waals surface area (Å²) in [5.41, 5.74) is 0.641. The lowest BCUT2D eigenvalue weighted by molar-refractivity contribution is -0.127. The summed E-state index contributed by atoms with van der Waals surface area (Å²) in [5, 5.41) is 12.8. The highest BCUT2D eigenvalue weighted by Crippen LogP contribution is 2.24. The Morgan fingerprint density at radius 2 is 1.46 bits per heavy atom. The maximum Gasteiger partial charge on any atom is 0.340 e. The van der Waals surface area contributed by atoms with E-state index in [9.17, 15) is 28.8 Å². The van der Waals surface area contributed by atoms with Crippen LogP contribution in [0.1, 0.15) is 47.4 Å². The molecule has 0 bridgehead atoms. The fraction of sp³-hybridized carbons (Fsp3) is 0.280. The summed E-state index contributed by atoms with van der Waals surface area (Å²) in [6, 6.07) is 8.26. The molecule has 2 aromatic carbocycles. The van der Waals surface area contributed by atoms with E-state index in [2.05, 4.69) is 25.6 Å². The van der Waals surface area contributed by atoms with Crippen molar-refractivity contribution in [3.05, 3.63) is 53.6 Å². The number of ether oxygens (including phenoxy) is 2. The molecule has 0 fully saturated rings. The first-order valence-electron chi connectivity index (χ1n) is 11.0. The lowest BCUT2D eigenvalue weighted by atomic mass is 10.1. The number of benzene rings is 2. The third kappa shape index (κ3) is 8.16. The molecule has 0 aliphatic heterocycles. The number of methoxy groups -OCH3 is 2. The first-order chi connectivity index (χ1) is 17.6. The first-order valence-corrected chi connectivity index (χ1v) is 11.0. The van der Waals surface area contributed by atoms with Crippen LogP contribution in [0.25, 0.3) is 0 Å². The number of carbonyl (C=O) groups is 6. The van der Waals surface area contributed by atoms with E-state index in [0.717, 1.165) is 14.0 Å². The quantitative estimate of drug-likeness (QED) is 0.264. The predicted octanol–water partition coefficient (Wildman–Crippen LogP) is 3.25. The van der Waals surface area contributed by atoms with Crippen molar-refractivity contribution in [2.45, 2.75) is 32.7 Å². The van der Waals surface area contributed by atoms with E-state index < -0.39 is 35.6 Å². The van der Waals surface area contributed by atoms with E-state index in [4.69, 9.17) is 4.74 Å². The minimum atomic E-state index is -1.56. The largest absolute Gasteiger partial charge is 0.465 e. The van der Waals surface area contributed by atoms with E-state index in [0.29, 0.717) is 11.4 Å². The van der Waals surface area contributed by atoms with E-state index in [1.807, 2.05) is 0 Å². The number of nitrogens with one attached hydrogen (secondary N) is 2. The van der Waals surface area contributed by atoms with Gasteiger partial charge < -0.3 is 20.1 Å². The highest BCUT2D eigenvalue weighted by Gasteiger charge is 2.24. The van der Waals surface area contributed by atoms with Crippen molar-refractivity contribution in [3.63, 3.8) is 0 Å². The molecule has 2 aromatic rings.